The summed E-state index contributed by atoms with van der Waals surface area (Å²) in [5, 5.41) is 0. The number of hydrogen-bond donors (Lipinski definition) is 0. The quantitative estimate of drug-likeness (QED) is 0.511. The minimum atomic E-state index is 0.0508. The molecule has 0 atom stereocenters. The maximum absolute atomic E-state index is 12.0. The van der Waals surface area contributed by atoms with Gasteiger partial charge in [0.1, 0.15) is 10.2 Å². The van der Waals surface area contributed by atoms with Gasteiger partial charge < -0.3 is 9.80 Å². The Balaban J connectivity index is 2.75. The summed E-state index contributed by atoms with van der Waals surface area (Å²) in [6.45, 7) is 9.13. The Labute approximate surface area is 121 Å². The highest BCUT2D eigenvalue weighted by Crippen LogP contribution is 2.30. The molecule has 108 valence electrons. The van der Waals surface area contributed by atoms with E-state index in [9.17, 15) is 4.79 Å². The average molecular weight is 282 g/mol. The summed E-state index contributed by atoms with van der Waals surface area (Å²) in [5.41, 5.74) is 1.86. The lowest BCUT2D eigenvalue weighted by Gasteiger charge is -2.30. The van der Waals surface area contributed by atoms with Crippen LogP contribution in [0.1, 0.15) is 46.5 Å². The fourth-order valence-electron chi connectivity index (χ4n) is 2.44. The van der Waals surface area contributed by atoms with Crippen LogP contribution < -0.4 is 15.2 Å². The van der Waals surface area contributed by atoms with Gasteiger partial charge in [-0.3, -0.25) is 4.79 Å². The highest BCUT2D eigenvalue weighted by molar-refractivity contribution is 7.71. The van der Waals surface area contributed by atoms with E-state index in [1.54, 1.807) is 0 Å². The Bertz CT molecular complexity index is 459. The molecule has 1 rings (SSSR count). The molecule has 0 N–H and O–H groups in total. The smallest absolute Gasteiger partial charge is 0.224 e. The topological polar surface area (TPSA) is 23.6 Å². The summed E-state index contributed by atoms with van der Waals surface area (Å²) >= 11 is 5.21. The Hall–Kier alpha value is -0.900. The van der Waals surface area contributed by atoms with E-state index < -0.39 is 0 Å². The van der Waals surface area contributed by atoms with Crippen molar-refractivity contribution in [3.63, 3.8) is 0 Å². The molecule has 0 aliphatic carbocycles. The van der Waals surface area contributed by atoms with Crippen molar-refractivity contribution in [1.82, 2.24) is 0 Å². The average Bonchev–Trinajstić information content (AvgIpc) is 2.43. The Morgan fingerprint density at radius 2 is 1.63 bits per heavy atom. The first-order valence-electron chi connectivity index (χ1n) is 7.37. The van der Waals surface area contributed by atoms with Gasteiger partial charge in [-0.1, -0.05) is 38.4 Å². The summed E-state index contributed by atoms with van der Waals surface area (Å²) in [7, 11) is 2.00. The SMILES string of the molecule is CCCCCCN(C)c1c(N(CC)CC)c(=S)c1=O. The summed E-state index contributed by atoms with van der Waals surface area (Å²) in [6.07, 6.45) is 4.87. The molecule has 0 amide bonds. The highest BCUT2D eigenvalue weighted by atomic mass is 32.1. The third kappa shape index (κ3) is 3.56. The van der Waals surface area contributed by atoms with Crippen molar-refractivity contribution in [2.45, 2.75) is 46.5 Å². The second-order valence-electron chi connectivity index (χ2n) is 5.01. The molecule has 0 bridgehead atoms. The third-order valence-electron chi connectivity index (χ3n) is 3.67. The molecule has 0 spiro atoms. The van der Waals surface area contributed by atoms with E-state index in [-0.39, 0.29) is 5.43 Å². The molecule has 0 aromatic heterocycles. The zero-order valence-corrected chi connectivity index (χ0v) is 13.5. The van der Waals surface area contributed by atoms with Crippen LogP contribution in [0.4, 0.5) is 11.4 Å². The fraction of sp³-hybridized carbons (Fsp3) is 0.733. The molecule has 3 nitrogen and oxygen atoms in total. The van der Waals surface area contributed by atoms with Crippen LogP contribution >= 0.6 is 12.2 Å². The van der Waals surface area contributed by atoms with Gasteiger partial charge in [0.05, 0.1) is 5.69 Å². The van der Waals surface area contributed by atoms with Crippen LogP contribution in [0.3, 0.4) is 0 Å². The molecule has 0 aliphatic heterocycles. The van der Waals surface area contributed by atoms with Gasteiger partial charge >= 0.3 is 0 Å². The predicted octanol–water partition coefficient (Wildman–Crippen LogP) is 3.51. The minimum absolute atomic E-state index is 0.0508. The molecule has 0 saturated heterocycles. The summed E-state index contributed by atoms with van der Waals surface area (Å²) < 4.78 is 0.513. The first-order chi connectivity index (χ1) is 9.08. The Morgan fingerprint density at radius 3 is 2.16 bits per heavy atom. The number of unbranched alkanes of at least 4 members (excludes halogenated alkanes) is 3. The van der Waals surface area contributed by atoms with E-state index in [1.807, 2.05) is 7.05 Å². The lowest BCUT2D eigenvalue weighted by atomic mass is 10.1. The van der Waals surface area contributed by atoms with Crippen molar-refractivity contribution in [2.24, 2.45) is 0 Å². The van der Waals surface area contributed by atoms with Gasteiger partial charge in [-0.2, -0.15) is 0 Å². The monoisotopic (exact) mass is 282 g/mol. The van der Waals surface area contributed by atoms with E-state index >= 15 is 0 Å². The summed E-state index contributed by atoms with van der Waals surface area (Å²) in [4.78, 5) is 16.2. The standard InChI is InChI=1S/C15H26N2OS/c1-5-8-9-10-11-16(4)12-13(15(19)14(12)18)17(6-2)7-3/h5-11H2,1-4H3. The molecule has 0 unspecified atom stereocenters. The summed E-state index contributed by atoms with van der Waals surface area (Å²) in [5.74, 6) is 0. The predicted molar refractivity (Wildman–Crippen MR) is 86.9 cm³/mol. The van der Waals surface area contributed by atoms with Crippen molar-refractivity contribution >= 4 is 23.6 Å². The maximum atomic E-state index is 12.0. The molecule has 0 heterocycles. The van der Waals surface area contributed by atoms with E-state index in [0.717, 1.165) is 37.4 Å². The minimum Gasteiger partial charge on any atom is -0.370 e. The normalized spacial score (nSPS) is 10.9. The van der Waals surface area contributed by atoms with Gasteiger partial charge in [0.2, 0.25) is 5.43 Å². The Kier molecular flexibility index (Phi) is 6.49. The Morgan fingerprint density at radius 1 is 1.00 bits per heavy atom. The molecular weight excluding hydrogens is 256 g/mol. The summed E-state index contributed by atoms with van der Waals surface area (Å²) in [6, 6.07) is 0. The van der Waals surface area contributed by atoms with Crippen LogP contribution in [0.5, 0.6) is 0 Å². The van der Waals surface area contributed by atoms with Crippen LogP contribution in [0.25, 0.3) is 0 Å². The van der Waals surface area contributed by atoms with Crippen molar-refractivity contribution < 1.29 is 0 Å². The van der Waals surface area contributed by atoms with Crippen LogP contribution in [0, 0.1) is 4.51 Å². The van der Waals surface area contributed by atoms with E-state index in [2.05, 4.69) is 30.6 Å². The first kappa shape index (κ1) is 16.2. The lowest BCUT2D eigenvalue weighted by Crippen LogP contribution is -2.35. The second kappa shape index (κ2) is 7.63. The molecule has 1 aromatic carbocycles. The van der Waals surface area contributed by atoms with Gasteiger partial charge in [-0.25, -0.2) is 0 Å². The van der Waals surface area contributed by atoms with Gasteiger partial charge in [-0.15, -0.1) is 0 Å². The van der Waals surface area contributed by atoms with E-state index in [0.29, 0.717) is 4.51 Å². The van der Waals surface area contributed by atoms with E-state index in [1.165, 1.54) is 19.3 Å². The first-order valence-corrected chi connectivity index (χ1v) is 7.78. The fourth-order valence-corrected chi connectivity index (χ4v) is 2.76. The van der Waals surface area contributed by atoms with Gasteiger partial charge in [0.15, 0.2) is 0 Å². The molecule has 0 radical (unpaired) electrons. The van der Waals surface area contributed by atoms with Crippen LogP contribution in [0.2, 0.25) is 0 Å². The van der Waals surface area contributed by atoms with Gasteiger partial charge in [-0.05, 0) is 20.3 Å². The zero-order chi connectivity index (χ0) is 14.4. The van der Waals surface area contributed by atoms with E-state index in [4.69, 9.17) is 12.2 Å². The number of rotatable bonds is 9. The van der Waals surface area contributed by atoms with Crippen LogP contribution in [0.15, 0.2) is 4.79 Å². The third-order valence-corrected chi connectivity index (χ3v) is 4.05. The molecule has 4 heteroatoms. The van der Waals surface area contributed by atoms with Crippen molar-refractivity contribution in [3.8, 4) is 0 Å². The molecule has 19 heavy (non-hydrogen) atoms. The highest BCUT2D eigenvalue weighted by Gasteiger charge is 2.24. The molecule has 0 aliphatic rings. The van der Waals surface area contributed by atoms with Crippen molar-refractivity contribution in [3.05, 3.63) is 14.7 Å². The lowest BCUT2D eigenvalue weighted by molar-refractivity contribution is 0.659. The molecule has 0 fully saturated rings. The maximum Gasteiger partial charge on any atom is 0.224 e. The van der Waals surface area contributed by atoms with Crippen LogP contribution in [-0.2, 0) is 0 Å². The second-order valence-corrected chi connectivity index (χ2v) is 5.42. The van der Waals surface area contributed by atoms with Crippen molar-refractivity contribution in [1.29, 1.82) is 0 Å². The van der Waals surface area contributed by atoms with Crippen LogP contribution in [-0.4, -0.2) is 26.7 Å². The number of anilines is 2. The number of hydrogen-bond acceptors (Lipinski definition) is 4. The van der Waals surface area contributed by atoms with Gasteiger partial charge in [0, 0.05) is 26.7 Å². The largest absolute Gasteiger partial charge is 0.370 e. The molecular formula is C15H26N2OS. The number of nitrogens with zero attached hydrogens (tertiary/aromatic N) is 2. The molecule has 1 aromatic rings. The van der Waals surface area contributed by atoms with Crippen molar-refractivity contribution in [2.75, 3.05) is 36.5 Å². The zero-order valence-electron chi connectivity index (χ0n) is 12.7. The van der Waals surface area contributed by atoms with Gasteiger partial charge in [0.25, 0.3) is 0 Å². The molecule has 0 saturated carbocycles.